The summed E-state index contributed by atoms with van der Waals surface area (Å²) >= 11 is 0. The van der Waals surface area contributed by atoms with Gasteiger partial charge >= 0.3 is 5.97 Å². The van der Waals surface area contributed by atoms with Crippen molar-refractivity contribution in [3.63, 3.8) is 0 Å². The summed E-state index contributed by atoms with van der Waals surface area (Å²) < 4.78 is 0. The molecule has 56 valence electrons. The molecule has 1 saturated carbocycles. The first kappa shape index (κ1) is 7.25. The Bertz CT molecular complexity index is 174. The highest BCUT2D eigenvalue weighted by Crippen LogP contribution is 2.26. The van der Waals surface area contributed by atoms with Crippen LogP contribution in [-0.4, -0.2) is 16.9 Å². The highest BCUT2D eigenvalue weighted by molar-refractivity contribution is 5.99. The van der Waals surface area contributed by atoms with Crippen molar-refractivity contribution in [1.29, 1.82) is 0 Å². The Labute approximate surface area is 59.0 Å². The highest BCUT2D eigenvalue weighted by atomic mass is 16.4. The zero-order valence-corrected chi connectivity index (χ0v) is 5.83. The van der Waals surface area contributed by atoms with Gasteiger partial charge in [0.15, 0.2) is 0 Å². The smallest absolute Gasteiger partial charge is 0.314 e. The first-order valence-corrected chi connectivity index (χ1v) is 3.36. The number of ketones is 1. The van der Waals surface area contributed by atoms with E-state index in [1.807, 2.05) is 6.92 Å². The molecule has 1 aliphatic carbocycles. The maximum absolute atomic E-state index is 10.8. The van der Waals surface area contributed by atoms with Crippen LogP contribution < -0.4 is 0 Å². The number of hydrogen-bond donors (Lipinski definition) is 1. The molecule has 0 aromatic carbocycles. The zero-order valence-electron chi connectivity index (χ0n) is 5.83. The predicted molar refractivity (Wildman–Crippen MR) is 34.5 cm³/mol. The van der Waals surface area contributed by atoms with E-state index in [1.54, 1.807) is 0 Å². The fourth-order valence-corrected chi connectivity index (χ4v) is 1.34. The van der Waals surface area contributed by atoms with Crippen LogP contribution in [0.15, 0.2) is 0 Å². The second-order valence-corrected chi connectivity index (χ2v) is 2.90. The van der Waals surface area contributed by atoms with Crippen LogP contribution in [0.3, 0.4) is 0 Å². The molecule has 0 saturated heterocycles. The van der Waals surface area contributed by atoms with E-state index in [9.17, 15) is 9.59 Å². The molecule has 0 amide bonds. The minimum atomic E-state index is -0.964. The molecule has 1 N–H and O–H groups in total. The van der Waals surface area contributed by atoms with Crippen molar-refractivity contribution in [2.45, 2.75) is 19.8 Å². The molecule has 3 heteroatoms. The van der Waals surface area contributed by atoms with E-state index in [0.29, 0.717) is 12.8 Å². The molecule has 0 bridgehead atoms. The number of Topliss-reactive ketones (excluding diaryl/α,β-unsaturated/α-hetero) is 1. The van der Waals surface area contributed by atoms with Gasteiger partial charge in [0.2, 0.25) is 0 Å². The first-order chi connectivity index (χ1) is 4.61. The van der Waals surface area contributed by atoms with Crippen molar-refractivity contribution in [1.82, 2.24) is 0 Å². The van der Waals surface area contributed by atoms with E-state index >= 15 is 0 Å². The van der Waals surface area contributed by atoms with Gasteiger partial charge in [-0.05, 0) is 12.3 Å². The maximum Gasteiger partial charge on any atom is 0.314 e. The summed E-state index contributed by atoms with van der Waals surface area (Å²) in [6.45, 7) is 1.90. The van der Waals surface area contributed by atoms with Crippen LogP contribution in [0.2, 0.25) is 0 Å². The average Bonchev–Trinajstić information content (AvgIpc) is 2.10. The fourth-order valence-electron chi connectivity index (χ4n) is 1.34. The molecule has 1 aliphatic rings. The van der Waals surface area contributed by atoms with E-state index < -0.39 is 11.9 Å². The van der Waals surface area contributed by atoms with Crippen molar-refractivity contribution < 1.29 is 14.7 Å². The largest absolute Gasteiger partial charge is 0.481 e. The van der Waals surface area contributed by atoms with Crippen molar-refractivity contribution in [3.05, 3.63) is 0 Å². The van der Waals surface area contributed by atoms with Crippen molar-refractivity contribution in [3.8, 4) is 0 Å². The van der Waals surface area contributed by atoms with E-state index in [2.05, 4.69) is 0 Å². The summed E-state index contributed by atoms with van der Waals surface area (Å²) in [7, 11) is 0. The summed E-state index contributed by atoms with van der Waals surface area (Å²) in [6.07, 6.45) is 0.963. The normalized spacial score (nSPS) is 32.7. The first-order valence-electron chi connectivity index (χ1n) is 3.36. The number of carbonyl (C=O) groups is 2. The zero-order chi connectivity index (χ0) is 7.72. The summed E-state index contributed by atoms with van der Waals surface area (Å²) in [5, 5.41) is 8.48. The molecule has 0 spiro atoms. The lowest BCUT2D eigenvalue weighted by atomic mass is 10.1. The Morgan fingerprint density at radius 3 is 2.50 bits per heavy atom. The minimum Gasteiger partial charge on any atom is -0.481 e. The number of aliphatic carboxylic acids is 1. The van der Waals surface area contributed by atoms with Gasteiger partial charge in [-0.2, -0.15) is 0 Å². The molecular weight excluding hydrogens is 132 g/mol. The van der Waals surface area contributed by atoms with Crippen LogP contribution in [0.1, 0.15) is 19.8 Å². The standard InChI is InChI=1S/C7H10O3/c1-4-2-5(7(9)10)6(8)3-4/h4-5H,2-3H2,1H3,(H,9,10)/t4?,5-/m1/s1. The Kier molecular flexibility index (Phi) is 1.74. The lowest BCUT2D eigenvalue weighted by Gasteiger charge is -1.98. The lowest BCUT2D eigenvalue weighted by Crippen LogP contribution is -2.17. The predicted octanol–water partition coefficient (Wildman–Crippen LogP) is 0.686. The molecule has 3 nitrogen and oxygen atoms in total. The van der Waals surface area contributed by atoms with Gasteiger partial charge in [-0.3, -0.25) is 9.59 Å². The second-order valence-electron chi connectivity index (χ2n) is 2.90. The van der Waals surface area contributed by atoms with E-state index in [-0.39, 0.29) is 11.7 Å². The number of carbonyl (C=O) groups excluding carboxylic acids is 1. The van der Waals surface area contributed by atoms with Gasteiger partial charge in [0.1, 0.15) is 11.7 Å². The molecule has 10 heavy (non-hydrogen) atoms. The molecule has 0 aromatic heterocycles. The average molecular weight is 142 g/mol. The van der Waals surface area contributed by atoms with Gasteiger partial charge in [-0.1, -0.05) is 6.92 Å². The summed E-state index contributed by atoms with van der Waals surface area (Å²) in [4.78, 5) is 21.2. The molecule has 0 radical (unpaired) electrons. The van der Waals surface area contributed by atoms with Gasteiger partial charge in [0.05, 0.1) is 0 Å². The van der Waals surface area contributed by atoms with Gasteiger partial charge in [-0.25, -0.2) is 0 Å². The molecule has 0 heterocycles. The Morgan fingerprint density at radius 1 is 1.70 bits per heavy atom. The van der Waals surface area contributed by atoms with Gasteiger partial charge in [0.25, 0.3) is 0 Å². The van der Waals surface area contributed by atoms with Crippen molar-refractivity contribution >= 4 is 11.8 Å². The molecule has 0 aromatic rings. The van der Waals surface area contributed by atoms with E-state index in [4.69, 9.17) is 5.11 Å². The molecule has 1 unspecified atom stereocenters. The number of carboxylic acid groups (broad SMARTS) is 1. The van der Waals surface area contributed by atoms with Crippen LogP contribution in [0.4, 0.5) is 0 Å². The number of carboxylic acids is 1. The second kappa shape index (κ2) is 2.40. The van der Waals surface area contributed by atoms with Gasteiger partial charge < -0.3 is 5.11 Å². The minimum absolute atomic E-state index is 0.111. The third-order valence-corrected chi connectivity index (χ3v) is 1.87. The Balaban J connectivity index is 2.63. The fraction of sp³-hybridized carbons (Fsp3) is 0.714. The van der Waals surface area contributed by atoms with Crippen LogP contribution in [-0.2, 0) is 9.59 Å². The SMILES string of the molecule is CC1CC(=O)[C@H](C(=O)O)C1. The van der Waals surface area contributed by atoms with Crippen LogP contribution >= 0.6 is 0 Å². The number of hydrogen-bond acceptors (Lipinski definition) is 2. The third-order valence-electron chi connectivity index (χ3n) is 1.87. The van der Waals surface area contributed by atoms with Crippen LogP contribution in [0.5, 0.6) is 0 Å². The molecule has 1 rings (SSSR count). The number of rotatable bonds is 1. The Morgan fingerprint density at radius 2 is 2.30 bits per heavy atom. The highest BCUT2D eigenvalue weighted by Gasteiger charge is 2.34. The Hall–Kier alpha value is -0.860. The third kappa shape index (κ3) is 1.17. The van der Waals surface area contributed by atoms with Gasteiger partial charge in [-0.15, -0.1) is 0 Å². The molecule has 0 aliphatic heterocycles. The quantitative estimate of drug-likeness (QED) is 0.548. The van der Waals surface area contributed by atoms with Crippen LogP contribution in [0, 0.1) is 11.8 Å². The molecule has 2 atom stereocenters. The van der Waals surface area contributed by atoms with Crippen molar-refractivity contribution in [2.24, 2.45) is 11.8 Å². The van der Waals surface area contributed by atoms with Gasteiger partial charge in [0, 0.05) is 6.42 Å². The molecular formula is C7H10O3. The van der Waals surface area contributed by atoms with Crippen molar-refractivity contribution in [2.75, 3.05) is 0 Å². The summed E-state index contributed by atoms with van der Waals surface area (Å²) in [5.41, 5.74) is 0. The monoisotopic (exact) mass is 142 g/mol. The van der Waals surface area contributed by atoms with Crippen LogP contribution in [0.25, 0.3) is 0 Å². The molecule has 1 fully saturated rings. The lowest BCUT2D eigenvalue weighted by molar-refractivity contribution is -0.144. The summed E-state index contributed by atoms with van der Waals surface area (Å²) in [5.74, 6) is -1.53. The maximum atomic E-state index is 10.8. The summed E-state index contributed by atoms with van der Waals surface area (Å²) in [6, 6.07) is 0. The van der Waals surface area contributed by atoms with E-state index in [1.165, 1.54) is 0 Å². The van der Waals surface area contributed by atoms with E-state index in [0.717, 1.165) is 0 Å². The topological polar surface area (TPSA) is 54.4 Å².